The van der Waals surface area contributed by atoms with E-state index in [-0.39, 0.29) is 36.6 Å². The van der Waals surface area contributed by atoms with Gasteiger partial charge in [0.25, 0.3) is 0 Å². The number of aliphatic hydroxyl groups excluding tert-OH is 1. The number of aliphatic hydroxyl groups is 1. The van der Waals surface area contributed by atoms with Crippen molar-refractivity contribution in [3.63, 3.8) is 0 Å². The summed E-state index contributed by atoms with van der Waals surface area (Å²) in [7, 11) is 0. The van der Waals surface area contributed by atoms with Crippen LogP contribution in [-0.2, 0) is 9.59 Å². The van der Waals surface area contributed by atoms with Crippen molar-refractivity contribution >= 4 is 11.7 Å². The highest BCUT2D eigenvalue weighted by Gasteiger charge is 2.23. The van der Waals surface area contributed by atoms with Gasteiger partial charge in [0.05, 0.1) is 12.6 Å². The third-order valence-electron chi connectivity index (χ3n) is 6.20. The molecule has 0 saturated heterocycles. The van der Waals surface area contributed by atoms with Crippen LogP contribution in [0.4, 0.5) is 0 Å². The lowest BCUT2D eigenvalue weighted by atomic mass is 9.87. The Morgan fingerprint density at radius 3 is 2.29 bits per heavy atom. The minimum atomic E-state index is -0.773. The Balaban J connectivity index is 2.11. The average Bonchev–Trinajstić information content (AvgIpc) is 2.85. The minimum absolute atomic E-state index is 0.110. The second-order valence-electron chi connectivity index (χ2n) is 9.14. The Bertz CT molecular complexity index is 870. The van der Waals surface area contributed by atoms with Crippen LogP contribution < -0.4 is 15.8 Å². The number of amides is 1. The van der Waals surface area contributed by atoms with E-state index in [9.17, 15) is 9.59 Å². The van der Waals surface area contributed by atoms with E-state index in [1.54, 1.807) is 0 Å². The van der Waals surface area contributed by atoms with Gasteiger partial charge < -0.3 is 20.9 Å². The van der Waals surface area contributed by atoms with Gasteiger partial charge in [-0.05, 0) is 42.0 Å². The summed E-state index contributed by atoms with van der Waals surface area (Å²) >= 11 is 0. The van der Waals surface area contributed by atoms with Crippen molar-refractivity contribution in [2.24, 2.45) is 11.7 Å². The van der Waals surface area contributed by atoms with Crippen molar-refractivity contribution in [2.45, 2.75) is 64.3 Å². The van der Waals surface area contributed by atoms with Gasteiger partial charge in [-0.3, -0.25) is 9.59 Å². The molecule has 4 atom stereocenters. The molecular weight excluding hydrogens is 428 g/mol. The van der Waals surface area contributed by atoms with Gasteiger partial charge in [0, 0.05) is 31.4 Å². The number of hydrogen-bond acceptors (Lipinski definition) is 5. The van der Waals surface area contributed by atoms with Gasteiger partial charge in [0.1, 0.15) is 11.5 Å². The number of Topliss-reactive ketones (excluding diaryl/α,β-unsaturated/α-hetero) is 1. The summed E-state index contributed by atoms with van der Waals surface area (Å²) in [5, 5.41) is 11.9. The van der Waals surface area contributed by atoms with E-state index in [0.717, 1.165) is 29.7 Å². The second kappa shape index (κ2) is 14.5. The molecule has 0 bridgehead atoms. The van der Waals surface area contributed by atoms with Crippen molar-refractivity contribution in [1.82, 2.24) is 5.32 Å². The Hall–Kier alpha value is -2.70. The van der Waals surface area contributed by atoms with Crippen LogP contribution >= 0.6 is 0 Å². The molecule has 0 aliphatic carbocycles. The maximum Gasteiger partial charge on any atom is 0.237 e. The Morgan fingerprint density at radius 1 is 1.00 bits per heavy atom. The maximum atomic E-state index is 13.1. The molecule has 186 valence electrons. The van der Waals surface area contributed by atoms with Crippen LogP contribution in [0.25, 0.3) is 0 Å². The molecule has 2 rings (SSSR count). The van der Waals surface area contributed by atoms with Gasteiger partial charge in [0.2, 0.25) is 5.91 Å². The van der Waals surface area contributed by atoms with Crippen LogP contribution in [0.3, 0.4) is 0 Å². The lowest BCUT2D eigenvalue weighted by Crippen LogP contribution is -2.42. The third kappa shape index (κ3) is 8.92. The summed E-state index contributed by atoms with van der Waals surface area (Å²) in [5.41, 5.74) is 7.76. The van der Waals surface area contributed by atoms with Crippen molar-refractivity contribution in [3.05, 3.63) is 65.7 Å². The SMILES string of the molecule is CCCC(C)COc1ccc([C@H](CNC(=O)[C@H](N)CCO)CC(=O)[C@@H](C)c2ccccc2)cc1. The number of benzene rings is 2. The first-order chi connectivity index (χ1) is 16.3. The summed E-state index contributed by atoms with van der Waals surface area (Å²) in [5.74, 6) is 0.637. The van der Waals surface area contributed by atoms with Crippen LogP contribution in [0.15, 0.2) is 54.6 Å². The van der Waals surface area contributed by atoms with E-state index in [1.807, 2.05) is 61.5 Å². The quantitative estimate of drug-likeness (QED) is 0.364. The molecule has 0 saturated carbocycles. The zero-order chi connectivity index (χ0) is 24.9. The third-order valence-corrected chi connectivity index (χ3v) is 6.20. The van der Waals surface area contributed by atoms with Crippen LogP contribution in [0.5, 0.6) is 5.75 Å². The number of nitrogens with two attached hydrogens (primary N) is 1. The Kier molecular flexibility index (Phi) is 11.8. The number of hydrogen-bond donors (Lipinski definition) is 3. The number of nitrogens with one attached hydrogen (secondary N) is 1. The van der Waals surface area contributed by atoms with Crippen LogP contribution in [0.1, 0.15) is 69.4 Å². The van der Waals surface area contributed by atoms with Gasteiger partial charge in [-0.2, -0.15) is 0 Å². The Morgan fingerprint density at radius 2 is 1.68 bits per heavy atom. The van der Waals surface area contributed by atoms with Gasteiger partial charge in [-0.25, -0.2) is 0 Å². The minimum Gasteiger partial charge on any atom is -0.493 e. The predicted octanol–water partition coefficient (Wildman–Crippen LogP) is 4.17. The molecule has 0 radical (unpaired) electrons. The zero-order valence-electron chi connectivity index (χ0n) is 20.7. The molecule has 6 heteroatoms. The molecule has 2 aromatic carbocycles. The maximum absolute atomic E-state index is 13.1. The molecule has 4 N–H and O–H groups in total. The molecule has 0 spiro atoms. The van der Waals surface area contributed by atoms with Crippen LogP contribution in [0.2, 0.25) is 0 Å². The molecular formula is C28H40N2O4. The second-order valence-corrected chi connectivity index (χ2v) is 9.14. The summed E-state index contributed by atoms with van der Waals surface area (Å²) in [6, 6.07) is 16.7. The first kappa shape index (κ1) is 27.5. The fourth-order valence-electron chi connectivity index (χ4n) is 3.93. The molecule has 6 nitrogen and oxygen atoms in total. The molecule has 1 unspecified atom stereocenters. The summed E-state index contributed by atoms with van der Waals surface area (Å²) in [6.45, 7) is 7.07. The van der Waals surface area contributed by atoms with Crippen molar-refractivity contribution in [3.8, 4) is 5.75 Å². The number of ether oxygens (including phenoxy) is 1. The number of ketones is 1. The van der Waals surface area contributed by atoms with Gasteiger partial charge in [0.15, 0.2) is 0 Å². The fraction of sp³-hybridized carbons (Fsp3) is 0.500. The lowest BCUT2D eigenvalue weighted by molar-refractivity contribution is -0.123. The van der Waals surface area contributed by atoms with Gasteiger partial charge >= 0.3 is 0 Å². The molecule has 0 fully saturated rings. The number of carbonyl (C=O) groups is 2. The van der Waals surface area contributed by atoms with E-state index in [0.29, 0.717) is 25.5 Å². The first-order valence-corrected chi connectivity index (χ1v) is 12.3. The standard InChI is InChI=1S/C28H40N2O4/c1-4-8-20(2)19-34-25-13-11-23(12-14-25)24(18-30-28(33)26(29)15-16-31)17-27(32)21(3)22-9-6-5-7-10-22/h5-7,9-14,20-21,24,26,31H,4,8,15-19,29H2,1-3H3,(H,30,33)/t20?,21-,24-,26+/m0/s1. The number of rotatable bonds is 15. The topological polar surface area (TPSA) is 102 Å². The van der Waals surface area contributed by atoms with E-state index >= 15 is 0 Å². The first-order valence-electron chi connectivity index (χ1n) is 12.3. The van der Waals surface area contributed by atoms with E-state index in [2.05, 4.69) is 19.2 Å². The van der Waals surface area contributed by atoms with Crippen molar-refractivity contribution < 1.29 is 19.4 Å². The lowest BCUT2D eigenvalue weighted by Gasteiger charge is -2.21. The summed E-state index contributed by atoms with van der Waals surface area (Å²) in [4.78, 5) is 25.4. The summed E-state index contributed by atoms with van der Waals surface area (Å²) in [6.07, 6.45) is 2.75. The predicted molar refractivity (Wildman–Crippen MR) is 136 cm³/mol. The van der Waals surface area contributed by atoms with Gasteiger partial charge in [-0.1, -0.05) is 69.7 Å². The molecule has 1 amide bonds. The smallest absolute Gasteiger partial charge is 0.237 e. The highest BCUT2D eigenvalue weighted by molar-refractivity contribution is 5.86. The van der Waals surface area contributed by atoms with E-state index in [1.165, 1.54) is 0 Å². The largest absolute Gasteiger partial charge is 0.493 e. The fourth-order valence-corrected chi connectivity index (χ4v) is 3.93. The molecule has 0 aliphatic rings. The number of carbonyl (C=O) groups excluding carboxylic acids is 2. The molecule has 0 aliphatic heterocycles. The van der Waals surface area contributed by atoms with Crippen molar-refractivity contribution in [2.75, 3.05) is 19.8 Å². The normalized spacial score (nSPS) is 14.6. The van der Waals surface area contributed by atoms with E-state index in [4.69, 9.17) is 15.6 Å². The highest BCUT2D eigenvalue weighted by Crippen LogP contribution is 2.27. The average molecular weight is 469 g/mol. The van der Waals surface area contributed by atoms with E-state index < -0.39 is 6.04 Å². The molecule has 0 aromatic heterocycles. The molecule has 2 aromatic rings. The monoisotopic (exact) mass is 468 g/mol. The van der Waals surface area contributed by atoms with Crippen LogP contribution in [-0.4, -0.2) is 42.6 Å². The van der Waals surface area contributed by atoms with Crippen LogP contribution in [0, 0.1) is 5.92 Å². The highest BCUT2D eigenvalue weighted by atomic mass is 16.5. The molecule has 0 heterocycles. The molecule has 34 heavy (non-hydrogen) atoms. The zero-order valence-corrected chi connectivity index (χ0v) is 20.7. The van der Waals surface area contributed by atoms with Gasteiger partial charge in [-0.15, -0.1) is 0 Å². The Labute approximate surface area is 203 Å². The van der Waals surface area contributed by atoms with Crippen molar-refractivity contribution in [1.29, 1.82) is 0 Å². The summed E-state index contributed by atoms with van der Waals surface area (Å²) < 4.78 is 5.91.